The van der Waals surface area contributed by atoms with Gasteiger partial charge in [0.05, 0.1) is 25.5 Å². The first-order chi connectivity index (χ1) is 14.6. The van der Waals surface area contributed by atoms with Gasteiger partial charge in [-0.1, -0.05) is 18.1 Å². The molecule has 2 aliphatic carbocycles. The standard InChI is InChI=1S/C21H30N6O3/c1-29-17-10-15-12-26(20-22-8-5-19(23-20)30-2)11-14(15)9-16(17)27-13-18(24-25-27)21(28)6-3-4-7-21/h5,8,13-17,28H,3-4,6-7,9-12H2,1-2H3/t14-,15+,16-,17-/m1/s1. The van der Waals surface area contributed by atoms with E-state index in [9.17, 15) is 5.11 Å². The predicted octanol–water partition coefficient (Wildman–Crippen LogP) is 1.94. The maximum absolute atomic E-state index is 10.9. The Morgan fingerprint density at radius 3 is 2.63 bits per heavy atom. The van der Waals surface area contributed by atoms with Crippen LogP contribution in [0.25, 0.3) is 0 Å². The predicted molar refractivity (Wildman–Crippen MR) is 109 cm³/mol. The van der Waals surface area contributed by atoms with E-state index in [0.29, 0.717) is 23.4 Å². The summed E-state index contributed by atoms with van der Waals surface area (Å²) >= 11 is 0. The number of methoxy groups -OCH3 is 2. The number of anilines is 1. The number of hydrogen-bond donors (Lipinski definition) is 1. The van der Waals surface area contributed by atoms with Gasteiger partial charge in [-0.15, -0.1) is 5.10 Å². The van der Waals surface area contributed by atoms with Gasteiger partial charge in [-0.2, -0.15) is 4.98 Å². The third kappa shape index (κ3) is 3.43. The Balaban J connectivity index is 1.33. The third-order valence-corrected chi connectivity index (χ3v) is 7.25. The topological polar surface area (TPSA) is 98.4 Å². The van der Waals surface area contributed by atoms with Crippen LogP contribution in [0, 0.1) is 11.8 Å². The van der Waals surface area contributed by atoms with Crippen molar-refractivity contribution in [3.63, 3.8) is 0 Å². The van der Waals surface area contributed by atoms with Crippen molar-refractivity contribution < 1.29 is 14.6 Å². The number of fused-ring (bicyclic) bond motifs is 1. The summed E-state index contributed by atoms with van der Waals surface area (Å²) in [6, 6.07) is 1.89. The fourth-order valence-corrected chi connectivity index (χ4v) is 5.55. The highest BCUT2D eigenvalue weighted by atomic mass is 16.5. The highest BCUT2D eigenvalue weighted by Crippen LogP contribution is 2.44. The van der Waals surface area contributed by atoms with Crippen molar-refractivity contribution in [2.75, 3.05) is 32.2 Å². The molecule has 3 heterocycles. The summed E-state index contributed by atoms with van der Waals surface area (Å²) in [7, 11) is 3.40. The molecule has 1 aliphatic heterocycles. The Hall–Kier alpha value is -2.26. The molecule has 5 rings (SSSR count). The molecule has 0 unspecified atom stereocenters. The summed E-state index contributed by atoms with van der Waals surface area (Å²) in [5, 5.41) is 19.6. The zero-order valence-corrected chi connectivity index (χ0v) is 17.6. The van der Waals surface area contributed by atoms with Crippen molar-refractivity contribution in [1.29, 1.82) is 0 Å². The molecule has 9 heteroatoms. The van der Waals surface area contributed by atoms with Crippen LogP contribution in [0.5, 0.6) is 5.88 Å². The highest BCUT2D eigenvalue weighted by Gasteiger charge is 2.45. The Bertz CT molecular complexity index is 883. The molecule has 1 N–H and O–H groups in total. The van der Waals surface area contributed by atoms with Gasteiger partial charge in [-0.3, -0.25) is 0 Å². The van der Waals surface area contributed by atoms with E-state index in [2.05, 4.69) is 25.2 Å². The molecule has 2 aromatic rings. The summed E-state index contributed by atoms with van der Waals surface area (Å²) in [5.74, 6) is 2.35. The lowest BCUT2D eigenvalue weighted by molar-refractivity contribution is -0.00558. The molecule has 9 nitrogen and oxygen atoms in total. The van der Waals surface area contributed by atoms with Gasteiger partial charge in [-0.25, -0.2) is 9.67 Å². The average Bonchev–Trinajstić information content (AvgIpc) is 3.52. The minimum atomic E-state index is -0.814. The van der Waals surface area contributed by atoms with Gasteiger partial charge in [-0.05, 0) is 37.5 Å². The molecule has 4 atom stereocenters. The van der Waals surface area contributed by atoms with E-state index in [1.807, 2.05) is 10.9 Å². The quantitative estimate of drug-likeness (QED) is 0.793. The van der Waals surface area contributed by atoms with Gasteiger partial charge in [0, 0.05) is 32.5 Å². The van der Waals surface area contributed by atoms with Crippen molar-refractivity contribution >= 4 is 5.95 Å². The minimum absolute atomic E-state index is 0.0743. The van der Waals surface area contributed by atoms with Crippen molar-refractivity contribution in [3.8, 4) is 5.88 Å². The van der Waals surface area contributed by atoms with Crippen molar-refractivity contribution in [1.82, 2.24) is 25.0 Å². The van der Waals surface area contributed by atoms with Crippen LogP contribution in [0.1, 0.15) is 50.3 Å². The number of aromatic nitrogens is 5. The van der Waals surface area contributed by atoms with Gasteiger partial charge in [0.1, 0.15) is 11.3 Å². The Morgan fingerprint density at radius 2 is 1.90 bits per heavy atom. The van der Waals surface area contributed by atoms with Crippen LogP contribution in [0.15, 0.2) is 18.5 Å². The molecule has 1 saturated heterocycles. The summed E-state index contributed by atoms with van der Waals surface area (Å²) in [6.45, 7) is 1.84. The zero-order valence-electron chi connectivity index (χ0n) is 17.6. The molecule has 2 saturated carbocycles. The second-order valence-corrected chi connectivity index (χ2v) is 8.96. The van der Waals surface area contributed by atoms with Crippen LogP contribution >= 0.6 is 0 Å². The molecule has 162 valence electrons. The normalized spacial score (nSPS) is 30.4. The fraction of sp³-hybridized carbons (Fsp3) is 0.714. The molecule has 2 aromatic heterocycles. The van der Waals surface area contributed by atoms with E-state index < -0.39 is 5.60 Å². The fourth-order valence-electron chi connectivity index (χ4n) is 5.55. The van der Waals surface area contributed by atoms with E-state index in [-0.39, 0.29) is 12.1 Å². The van der Waals surface area contributed by atoms with E-state index in [1.165, 1.54) is 0 Å². The lowest BCUT2D eigenvalue weighted by Crippen LogP contribution is -2.37. The van der Waals surface area contributed by atoms with Crippen LogP contribution < -0.4 is 9.64 Å². The largest absolute Gasteiger partial charge is 0.481 e. The van der Waals surface area contributed by atoms with Crippen LogP contribution in [0.4, 0.5) is 5.95 Å². The first kappa shape index (κ1) is 19.7. The minimum Gasteiger partial charge on any atom is -0.481 e. The van der Waals surface area contributed by atoms with E-state index in [0.717, 1.165) is 57.6 Å². The first-order valence-corrected chi connectivity index (χ1v) is 10.9. The smallest absolute Gasteiger partial charge is 0.228 e. The van der Waals surface area contributed by atoms with E-state index in [1.54, 1.807) is 26.5 Å². The number of rotatable bonds is 5. The van der Waals surface area contributed by atoms with Crippen molar-refractivity contribution in [2.24, 2.45) is 11.8 Å². The van der Waals surface area contributed by atoms with Gasteiger partial charge >= 0.3 is 0 Å². The van der Waals surface area contributed by atoms with Crippen LogP contribution in [0.3, 0.4) is 0 Å². The Kier molecular flexibility index (Phi) is 5.10. The van der Waals surface area contributed by atoms with Crippen LogP contribution in [0.2, 0.25) is 0 Å². The summed E-state index contributed by atoms with van der Waals surface area (Å²) < 4.78 is 13.1. The maximum atomic E-state index is 10.9. The third-order valence-electron chi connectivity index (χ3n) is 7.25. The second-order valence-electron chi connectivity index (χ2n) is 8.96. The molecule has 0 spiro atoms. The molecule has 3 fully saturated rings. The number of ether oxygens (including phenoxy) is 2. The van der Waals surface area contributed by atoms with Crippen LogP contribution in [-0.2, 0) is 10.3 Å². The number of nitrogens with zero attached hydrogens (tertiary/aromatic N) is 6. The molecule has 30 heavy (non-hydrogen) atoms. The lowest BCUT2D eigenvalue weighted by atomic mass is 9.77. The van der Waals surface area contributed by atoms with Gasteiger partial charge < -0.3 is 19.5 Å². The van der Waals surface area contributed by atoms with Gasteiger partial charge in [0.2, 0.25) is 11.8 Å². The molecule has 3 aliphatic rings. The Morgan fingerprint density at radius 1 is 1.13 bits per heavy atom. The van der Waals surface area contributed by atoms with E-state index in [4.69, 9.17) is 9.47 Å². The summed E-state index contributed by atoms with van der Waals surface area (Å²) in [4.78, 5) is 11.2. The van der Waals surface area contributed by atoms with Crippen LogP contribution in [-0.4, -0.2) is 63.5 Å². The maximum Gasteiger partial charge on any atom is 0.228 e. The average molecular weight is 415 g/mol. The summed E-state index contributed by atoms with van der Waals surface area (Å²) in [6.07, 6.45) is 9.31. The number of hydrogen-bond acceptors (Lipinski definition) is 8. The zero-order chi connectivity index (χ0) is 20.7. The van der Waals surface area contributed by atoms with E-state index >= 15 is 0 Å². The van der Waals surface area contributed by atoms with Gasteiger partial charge in [0.25, 0.3) is 0 Å². The van der Waals surface area contributed by atoms with Gasteiger partial charge in [0.15, 0.2) is 0 Å². The molecule has 0 amide bonds. The Labute approximate surface area is 176 Å². The second kappa shape index (κ2) is 7.77. The summed E-state index contributed by atoms with van der Waals surface area (Å²) in [5.41, 5.74) is -0.110. The lowest BCUT2D eigenvalue weighted by Gasteiger charge is -2.36. The van der Waals surface area contributed by atoms with Crippen molar-refractivity contribution in [2.45, 2.75) is 56.3 Å². The monoisotopic (exact) mass is 414 g/mol. The molecular formula is C21H30N6O3. The molecule has 0 radical (unpaired) electrons. The first-order valence-electron chi connectivity index (χ1n) is 10.9. The van der Waals surface area contributed by atoms with Crippen molar-refractivity contribution in [3.05, 3.63) is 24.2 Å². The molecular weight excluding hydrogens is 384 g/mol. The molecule has 0 bridgehead atoms. The SMILES string of the molecule is COc1ccnc(N2C[C@H]3C[C@@H](n4cc(C5(O)CCCC5)nn4)[C@H](OC)C[C@H]3C2)n1. The molecule has 0 aromatic carbocycles. The highest BCUT2D eigenvalue weighted by molar-refractivity contribution is 5.34. The number of aliphatic hydroxyl groups is 1.